The van der Waals surface area contributed by atoms with Gasteiger partial charge in [-0.3, -0.25) is 4.79 Å². The van der Waals surface area contributed by atoms with Crippen LogP contribution in [0.1, 0.15) is 22.8 Å². The van der Waals surface area contributed by atoms with Crippen molar-refractivity contribution in [1.82, 2.24) is 4.98 Å². The van der Waals surface area contributed by atoms with Crippen LogP contribution in [0.4, 0.5) is 5.82 Å². The Bertz CT molecular complexity index is 731. The molecule has 0 bridgehead atoms. The van der Waals surface area contributed by atoms with Gasteiger partial charge in [0.25, 0.3) is 5.91 Å². The van der Waals surface area contributed by atoms with Gasteiger partial charge in [-0.2, -0.15) is 0 Å². The van der Waals surface area contributed by atoms with E-state index in [0.29, 0.717) is 10.8 Å². The lowest BCUT2D eigenvalue weighted by molar-refractivity contribution is -0.123. The molecule has 0 aliphatic rings. The van der Waals surface area contributed by atoms with Crippen molar-refractivity contribution in [2.45, 2.75) is 20.0 Å². The maximum absolute atomic E-state index is 12.0. The topological polar surface area (TPSA) is 88.5 Å². The molecule has 23 heavy (non-hydrogen) atoms. The molecule has 1 amide bonds. The number of phenolic OH excluding ortho intramolecular Hbond substituents is 1. The van der Waals surface area contributed by atoms with Gasteiger partial charge in [0.15, 0.2) is 6.10 Å². The molecule has 1 aromatic heterocycles. The number of aromatic nitrogens is 1. The van der Waals surface area contributed by atoms with E-state index in [4.69, 9.17) is 16.3 Å². The summed E-state index contributed by atoms with van der Waals surface area (Å²) in [6.45, 7) is 3.21. The molecule has 0 aliphatic carbocycles. The fraction of sp³-hybridized carbons (Fsp3) is 0.188. The number of hydrogen-bond acceptors (Lipinski definition) is 5. The molecule has 1 aromatic carbocycles. The number of halogens is 1. The quantitative estimate of drug-likeness (QED) is 0.839. The number of aromatic hydroxyl groups is 1. The molecule has 0 aliphatic heterocycles. The lowest BCUT2D eigenvalue weighted by atomic mass is 10.1. The average molecular weight is 335 g/mol. The van der Waals surface area contributed by atoms with E-state index >= 15 is 0 Å². The minimum atomic E-state index is -1.05. The van der Waals surface area contributed by atoms with E-state index in [1.54, 1.807) is 19.1 Å². The highest BCUT2D eigenvalue weighted by Crippen LogP contribution is 2.20. The van der Waals surface area contributed by atoms with Crippen LogP contribution in [0.25, 0.3) is 0 Å². The second-order valence-corrected chi connectivity index (χ2v) is 5.36. The lowest BCUT2D eigenvalue weighted by Gasteiger charge is -2.13. The monoisotopic (exact) mass is 334 g/mol. The van der Waals surface area contributed by atoms with Crippen LogP contribution >= 0.6 is 11.6 Å². The van der Waals surface area contributed by atoms with Gasteiger partial charge >= 0.3 is 5.97 Å². The number of nitrogens with one attached hydrogen (secondary N) is 1. The number of esters is 1. The van der Waals surface area contributed by atoms with Gasteiger partial charge in [-0.05, 0) is 43.7 Å². The van der Waals surface area contributed by atoms with Crippen LogP contribution in [-0.4, -0.2) is 28.1 Å². The molecule has 0 fully saturated rings. The first-order chi connectivity index (χ1) is 10.9. The van der Waals surface area contributed by atoms with E-state index in [1.165, 1.54) is 31.3 Å². The largest absolute Gasteiger partial charge is 0.507 e. The summed E-state index contributed by atoms with van der Waals surface area (Å²) in [4.78, 5) is 27.9. The number of nitrogens with zero attached hydrogens (tertiary/aromatic N) is 1. The Morgan fingerprint density at radius 1 is 1.30 bits per heavy atom. The number of hydrogen-bond donors (Lipinski definition) is 2. The molecule has 1 atom stereocenters. The number of amides is 1. The first-order valence-corrected chi connectivity index (χ1v) is 7.17. The molecule has 0 spiro atoms. The van der Waals surface area contributed by atoms with Gasteiger partial charge in [-0.15, -0.1) is 0 Å². The van der Waals surface area contributed by atoms with Crippen molar-refractivity contribution in [3.63, 3.8) is 0 Å². The van der Waals surface area contributed by atoms with E-state index in [0.717, 1.165) is 5.56 Å². The Kier molecular flexibility index (Phi) is 5.18. The fourth-order valence-electron chi connectivity index (χ4n) is 1.77. The molecule has 0 saturated heterocycles. The first-order valence-electron chi connectivity index (χ1n) is 6.80. The second kappa shape index (κ2) is 7.11. The Labute approximate surface area is 138 Å². The van der Waals surface area contributed by atoms with Gasteiger partial charge in [0.2, 0.25) is 0 Å². The van der Waals surface area contributed by atoms with Crippen LogP contribution in [0.15, 0.2) is 36.5 Å². The van der Waals surface area contributed by atoms with Crippen molar-refractivity contribution in [3.8, 4) is 5.75 Å². The van der Waals surface area contributed by atoms with Crippen molar-refractivity contribution in [2.24, 2.45) is 0 Å². The van der Waals surface area contributed by atoms with Crippen LogP contribution in [0.2, 0.25) is 5.02 Å². The van der Waals surface area contributed by atoms with Crippen molar-refractivity contribution in [3.05, 3.63) is 52.7 Å². The summed E-state index contributed by atoms with van der Waals surface area (Å²) < 4.78 is 5.05. The second-order valence-electron chi connectivity index (χ2n) is 4.92. The third-order valence-corrected chi connectivity index (χ3v) is 3.23. The number of carbonyl (C=O) groups excluding carboxylic acids is 2. The first kappa shape index (κ1) is 16.8. The minimum absolute atomic E-state index is 0.000122. The number of benzene rings is 1. The summed E-state index contributed by atoms with van der Waals surface area (Å²) in [5, 5.41) is 12.7. The Hall–Kier alpha value is -2.60. The zero-order chi connectivity index (χ0) is 17.0. The van der Waals surface area contributed by atoms with Gasteiger partial charge in [0.1, 0.15) is 17.1 Å². The third-order valence-electron chi connectivity index (χ3n) is 3.00. The van der Waals surface area contributed by atoms with E-state index in [1.807, 2.05) is 0 Å². The highest BCUT2D eigenvalue weighted by Gasteiger charge is 2.21. The van der Waals surface area contributed by atoms with Crippen molar-refractivity contribution in [1.29, 1.82) is 0 Å². The lowest BCUT2D eigenvalue weighted by Crippen LogP contribution is -2.30. The molecule has 2 N–H and O–H groups in total. The van der Waals surface area contributed by atoms with Crippen molar-refractivity contribution < 1.29 is 19.4 Å². The van der Waals surface area contributed by atoms with Gasteiger partial charge in [0, 0.05) is 6.20 Å². The average Bonchev–Trinajstić information content (AvgIpc) is 2.49. The number of carbonyl (C=O) groups is 2. The molecule has 2 rings (SSSR count). The third kappa shape index (κ3) is 4.43. The number of aryl methyl sites for hydroxylation is 1. The van der Waals surface area contributed by atoms with Crippen LogP contribution in [0.3, 0.4) is 0 Å². The van der Waals surface area contributed by atoms with Crippen molar-refractivity contribution >= 4 is 29.3 Å². The molecule has 0 saturated carbocycles. The summed E-state index contributed by atoms with van der Waals surface area (Å²) >= 11 is 5.71. The molecule has 2 aromatic rings. The van der Waals surface area contributed by atoms with Gasteiger partial charge < -0.3 is 15.2 Å². The Morgan fingerprint density at radius 3 is 2.65 bits per heavy atom. The molecule has 0 radical (unpaired) electrons. The highest BCUT2D eigenvalue weighted by atomic mass is 35.5. The van der Waals surface area contributed by atoms with E-state index < -0.39 is 18.0 Å². The minimum Gasteiger partial charge on any atom is -0.507 e. The van der Waals surface area contributed by atoms with Crippen LogP contribution in [0.5, 0.6) is 5.75 Å². The number of anilines is 1. The summed E-state index contributed by atoms with van der Waals surface area (Å²) in [7, 11) is 0. The molecule has 1 heterocycles. The van der Waals surface area contributed by atoms with Crippen molar-refractivity contribution in [2.75, 3.05) is 5.32 Å². The predicted octanol–water partition coefficient (Wildman–Crippen LogP) is 2.93. The number of pyridine rings is 1. The van der Waals surface area contributed by atoms with Gasteiger partial charge in [-0.1, -0.05) is 17.7 Å². The summed E-state index contributed by atoms with van der Waals surface area (Å²) in [5.41, 5.74) is 0.804. The number of rotatable bonds is 4. The fourth-order valence-corrected chi connectivity index (χ4v) is 1.88. The standard InChI is InChI=1S/C16H15ClN2O4/c1-9-3-5-12(13(20)7-9)16(22)23-10(2)15(21)19-14-6-4-11(17)8-18-14/h3-8,10,20H,1-2H3,(H,18,19,21)/t10-/m1/s1. The Balaban J connectivity index is 2.00. The smallest absolute Gasteiger partial charge is 0.342 e. The van der Waals surface area contributed by atoms with Crippen LogP contribution in [0, 0.1) is 6.92 Å². The summed E-state index contributed by atoms with van der Waals surface area (Å²) in [6.07, 6.45) is 0.332. The summed E-state index contributed by atoms with van der Waals surface area (Å²) in [5.74, 6) is -1.23. The SMILES string of the molecule is Cc1ccc(C(=O)O[C@H](C)C(=O)Nc2ccc(Cl)cn2)c(O)c1. The van der Waals surface area contributed by atoms with Gasteiger partial charge in [0.05, 0.1) is 5.02 Å². The van der Waals surface area contributed by atoms with E-state index in [2.05, 4.69) is 10.3 Å². The molecule has 120 valence electrons. The zero-order valence-corrected chi connectivity index (χ0v) is 13.3. The molecule has 6 nitrogen and oxygen atoms in total. The molecule has 0 unspecified atom stereocenters. The van der Waals surface area contributed by atoms with Gasteiger partial charge in [-0.25, -0.2) is 9.78 Å². The van der Waals surface area contributed by atoms with E-state index in [9.17, 15) is 14.7 Å². The maximum atomic E-state index is 12.0. The summed E-state index contributed by atoms with van der Waals surface area (Å²) in [6, 6.07) is 7.65. The maximum Gasteiger partial charge on any atom is 0.342 e. The number of phenols is 1. The molecule has 7 heteroatoms. The highest BCUT2D eigenvalue weighted by molar-refractivity contribution is 6.30. The van der Waals surface area contributed by atoms with Crippen LogP contribution in [-0.2, 0) is 9.53 Å². The molecular formula is C16H15ClN2O4. The molecular weight excluding hydrogens is 320 g/mol. The predicted molar refractivity (Wildman–Crippen MR) is 85.6 cm³/mol. The Morgan fingerprint density at radius 2 is 2.04 bits per heavy atom. The van der Waals surface area contributed by atoms with Crippen LogP contribution < -0.4 is 5.32 Å². The van der Waals surface area contributed by atoms with E-state index in [-0.39, 0.29) is 11.3 Å². The normalized spacial score (nSPS) is 11.6. The number of ether oxygens (including phenoxy) is 1. The zero-order valence-electron chi connectivity index (χ0n) is 12.5.